The first kappa shape index (κ1) is 12.9. The first-order chi connectivity index (χ1) is 8.81. The molecule has 4 nitrogen and oxygen atoms in total. The molecule has 0 amide bonds. The van der Waals surface area contributed by atoms with E-state index in [9.17, 15) is 0 Å². The highest BCUT2D eigenvalue weighted by Crippen LogP contribution is 2.27. The standard InChI is InChI=1S/C14H27N3O/c1-12(10-17-6-8-18-9-7-17)15-14-3-5-16-4-2-13(14)11-16/h12-15H,2-11H2,1H3. The number of ether oxygens (including phenoxy) is 1. The number of fused-ring (bicyclic) bond motifs is 2. The molecule has 3 saturated heterocycles. The molecule has 104 valence electrons. The van der Waals surface area contributed by atoms with Crippen molar-refractivity contribution in [1.82, 2.24) is 15.1 Å². The largest absolute Gasteiger partial charge is 0.379 e. The average molecular weight is 253 g/mol. The Bertz CT molecular complexity index is 268. The van der Waals surface area contributed by atoms with Crippen molar-refractivity contribution in [2.75, 3.05) is 52.5 Å². The lowest BCUT2D eigenvalue weighted by atomic mass is 9.93. The van der Waals surface area contributed by atoms with Gasteiger partial charge in [-0.1, -0.05) is 0 Å². The second kappa shape index (κ2) is 5.87. The van der Waals surface area contributed by atoms with Crippen LogP contribution >= 0.6 is 0 Å². The molecular weight excluding hydrogens is 226 g/mol. The van der Waals surface area contributed by atoms with Crippen LogP contribution in [0.3, 0.4) is 0 Å². The van der Waals surface area contributed by atoms with E-state index in [0.29, 0.717) is 6.04 Å². The van der Waals surface area contributed by atoms with E-state index in [0.717, 1.165) is 38.3 Å². The molecule has 1 N–H and O–H groups in total. The summed E-state index contributed by atoms with van der Waals surface area (Å²) >= 11 is 0. The van der Waals surface area contributed by atoms with Crippen LogP contribution in [0.2, 0.25) is 0 Å². The van der Waals surface area contributed by atoms with Gasteiger partial charge in [-0.05, 0) is 38.8 Å². The van der Waals surface area contributed by atoms with Crippen molar-refractivity contribution in [2.24, 2.45) is 5.92 Å². The Hall–Kier alpha value is -0.160. The third-order valence-corrected chi connectivity index (χ3v) is 4.77. The second-order valence-electron chi connectivity index (χ2n) is 6.23. The average Bonchev–Trinajstić information content (AvgIpc) is 2.77. The van der Waals surface area contributed by atoms with Gasteiger partial charge in [-0.3, -0.25) is 4.90 Å². The Labute approximate surface area is 111 Å². The molecule has 0 aromatic rings. The highest BCUT2D eigenvalue weighted by molar-refractivity contribution is 4.92. The Balaban J connectivity index is 1.43. The summed E-state index contributed by atoms with van der Waals surface area (Å²) in [7, 11) is 0. The van der Waals surface area contributed by atoms with E-state index < -0.39 is 0 Å². The zero-order chi connectivity index (χ0) is 12.4. The maximum absolute atomic E-state index is 5.40. The van der Waals surface area contributed by atoms with E-state index in [1.807, 2.05) is 0 Å². The summed E-state index contributed by atoms with van der Waals surface area (Å²) in [6.07, 6.45) is 2.75. The van der Waals surface area contributed by atoms with Crippen LogP contribution in [0.4, 0.5) is 0 Å². The van der Waals surface area contributed by atoms with Crippen molar-refractivity contribution < 1.29 is 4.74 Å². The van der Waals surface area contributed by atoms with Crippen molar-refractivity contribution in [1.29, 1.82) is 0 Å². The molecule has 4 unspecified atom stereocenters. The molecule has 18 heavy (non-hydrogen) atoms. The van der Waals surface area contributed by atoms with Crippen LogP contribution in [-0.2, 0) is 4.74 Å². The molecular formula is C14H27N3O. The molecule has 0 aromatic heterocycles. The van der Waals surface area contributed by atoms with Gasteiger partial charge in [0.2, 0.25) is 0 Å². The summed E-state index contributed by atoms with van der Waals surface area (Å²) < 4.78 is 5.40. The first-order valence-corrected chi connectivity index (χ1v) is 7.60. The zero-order valence-electron chi connectivity index (χ0n) is 11.6. The van der Waals surface area contributed by atoms with Crippen molar-refractivity contribution >= 4 is 0 Å². The molecule has 0 spiro atoms. The van der Waals surface area contributed by atoms with Gasteiger partial charge in [0.1, 0.15) is 0 Å². The van der Waals surface area contributed by atoms with Crippen LogP contribution in [-0.4, -0.2) is 74.4 Å². The van der Waals surface area contributed by atoms with Gasteiger partial charge in [-0.2, -0.15) is 0 Å². The topological polar surface area (TPSA) is 27.7 Å². The summed E-state index contributed by atoms with van der Waals surface area (Å²) in [5, 5.41) is 3.88. The van der Waals surface area contributed by atoms with Gasteiger partial charge < -0.3 is 15.0 Å². The minimum Gasteiger partial charge on any atom is -0.379 e. The molecule has 0 saturated carbocycles. The van der Waals surface area contributed by atoms with E-state index >= 15 is 0 Å². The number of rotatable bonds is 4. The Morgan fingerprint density at radius 3 is 2.78 bits per heavy atom. The van der Waals surface area contributed by atoms with Gasteiger partial charge in [0.25, 0.3) is 0 Å². The predicted octanol–water partition coefficient (Wildman–Crippen LogP) is 0.391. The number of piperidine rings is 1. The number of morpholine rings is 1. The fourth-order valence-electron chi connectivity index (χ4n) is 3.76. The van der Waals surface area contributed by atoms with E-state index in [2.05, 4.69) is 22.0 Å². The van der Waals surface area contributed by atoms with Gasteiger partial charge in [0.05, 0.1) is 13.2 Å². The molecule has 3 aliphatic rings. The lowest BCUT2D eigenvalue weighted by Crippen LogP contribution is -2.51. The van der Waals surface area contributed by atoms with E-state index in [4.69, 9.17) is 4.74 Å². The highest BCUT2D eigenvalue weighted by Gasteiger charge is 2.34. The molecule has 0 aromatic carbocycles. The first-order valence-electron chi connectivity index (χ1n) is 7.60. The van der Waals surface area contributed by atoms with E-state index in [1.54, 1.807) is 0 Å². The van der Waals surface area contributed by atoms with Gasteiger partial charge in [0.15, 0.2) is 0 Å². The molecule has 3 aliphatic heterocycles. The highest BCUT2D eigenvalue weighted by atomic mass is 16.5. The number of nitrogens with one attached hydrogen (secondary N) is 1. The molecule has 3 rings (SSSR count). The SMILES string of the molecule is CC(CN1CCOCC1)NC1CCN2CCC1C2. The van der Waals surface area contributed by atoms with E-state index in [-0.39, 0.29) is 0 Å². The van der Waals surface area contributed by atoms with Gasteiger partial charge >= 0.3 is 0 Å². The fourth-order valence-corrected chi connectivity index (χ4v) is 3.76. The normalized spacial score (nSPS) is 38.8. The van der Waals surface area contributed by atoms with Gasteiger partial charge in [-0.15, -0.1) is 0 Å². The molecule has 3 fully saturated rings. The smallest absolute Gasteiger partial charge is 0.0594 e. The fraction of sp³-hybridized carbons (Fsp3) is 1.00. The summed E-state index contributed by atoms with van der Waals surface area (Å²) in [6.45, 7) is 11.5. The summed E-state index contributed by atoms with van der Waals surface area (Å²) in [6, 6.07) is 1.38. The van der Waals surface area contributed by atoms with E-state index in [1.165, 1.54) is 39.0 Å². The second-order valence-corrected chi connectivity index (χ2v) is 6.23. The number of hydrogen-bond acceptors (Lipinski definition) is 4. The molecule has 4 atom stereocenters. The predicted molar refractivity (Wildman–Crippen MR) is 72.8 cm³/mol. The molecule has 2 bridgehead atoms. The maximum Gasteiger partial charge on any atom is 0.0594 e. The monoisotopic (exact) mass is 253 g/mol. The molecule has 3 heterocycles. The third kappa shape index (κ3) is 3.05. The van der Waals surface area contributed by atoms with Gasteiger partial charge in [-0.25, -0.2) is 0 Å². The van der Waals surface area contributed by atoms with Gasteiger partial charge in [0, 0.05) is 38.3 Å². The van der Waals surface area contributed by atoms with Crippen LogP contribution in [0.15, 0.2) is 0 Å². The zero-order valence-corrected chi connectivity index (χ0v) is 11.6. The number of nitrogens with zero attached hydrogens (tertiary/aromatic N) is 2. The minimum absolute atomic E-state index is 0.611. The van der Waals surface area contributed by atoms with Crippen LogP contribution in [0.5, 0.6) is 0 Å². The van der Waals surface area contributed by atoms with Crippen LogP contribution < -0.4 is 5.32 Å². The quantitative estimate of drug-likeness (QED) is 0.784. The van der Waals surface area contributed by atoms with Crippen molar-refractivity contribution in [3.63, 3.8) is 0 Å². The number of hydrogen-bond donors (Lipinski definition) is 1. The van der Waals surface area contributed by atoms with Crippen LogP contribution in [0.1, 0.15) is 19.8 Å². The summed E-state index contributed by atoms with van der Waals surface area (Å²) in [5.74, 6) is 0.908. The van der Waals surface area contributed by atoms with Crippen LogP contribution in [0.25, 0.3) is 0 Å². The maximum atomic E-state index is 5.40. The Kier molecular flexibility index (Phi) is 4.19. The molecule has 0 radical (unpaired) electrons. The lowest BCUT2D eigenvalue weighted by Gasteiger charge is -2.35. The van der Waals surface area contributed by atoms with Crippen molar-refractivity contribution in [3.8, 4) is 0 Å². The minimum atomic E-state index is 0.611. The Morgan fingerprint density at radius 1 is 1.17 bits per heavy atom. The van der Waals surface area contributed by atoms with Crippen molar-refractivity contribution in [2.45, 2.75) is 31.8 Å². The Morgan fingerprint density at radius 2 is 1.94 bits per heavy atom. The molecule has 0 aliphatic carbocycles. The van der Waals surface area contributed by atoms with Crippen LogP contribution in [0, 0.1) is 5.92 Å². The summed E-state index contributed by atoms with van der Waals surface area (Å²) in [5.41, 5.74) is 0. The molecule has 4 heteroatoms. The third-order valence-electron chi connectivity index (χ3n) is 4.77. The summed E-state index contributed by atoms with van der Waals surface area (Å²) in [4.78, 5) is 5.15. The van der Waals surface area contributed by atoms with Crippen molar-refractivity contribution in [3.05, 3.63) is 0 Å². The lowest BCUT2D eigenvalue weighted by molar-refractivity contribution is 0.0330.